The van der Waals surface area contributed by atoms with Crippen LogP contribution < -0.4 is 4.74 Å². The average Bonchev–Trinajstić information content (AvgIpc) is 2.60. The summed E-state index contributed by atoms with van der Waals surface area (Å²) in [6.45, 7) is -0.426. The van der Waals surface area contributed by atoms with Crippen LogP contribution in [0, 0.1) is 5.82 Å². The molecular weight excluding hydrogens is 379 g/mol. The summed E-state index contributed by atoms with van der Waals surface area (Å²) in [5, 5.41) is 0. The van der Waals surface area contributed by atoms with Crippen molar-refractivity contribution in [3.05, 3.63) is 70.0 Å². The molecule has 2 rings (SSSR count). The van der Waals surface area contributed by atoms with E-state index in [2.05, 4.69) is 15.9 Å². The smallest absolute Gasteiger partial charge is 0.331 e. The van der Waals surface area contributed by atoms with Gasteiger partial charge in [0.2, 0.25) is 5.78 Å². The molecule has 0 unspecified atom stereocenters. The van der Waals surface area contributed by atoms with Crippen LogP contribution in [0.5, 0.6) is 5.75 Å². The maximum Gasteiger partial charge on any atom is 0.331 e. The normalized spacial score (nSPS) is 10.6. The minimum absolute atomic E-state index is 0.234. The molecule has 0 radical (unpaired) electrons. The summed E-state index contributed by atoms with van der Waals surface area (Å²) in [7, 11) is 1.45. The Morgan fingerprint density at radius 1 is 1.21 bits per heavy atom. The zero-order valence-electron chi connectivity index (χ0n) is 12.8. The van der Waals surface area contributed by atoms with Crippen LogP contribution in [-0.2, 0) is 9.53 Å². The Morgan fingerprint density at radius 2 is 1.96 bits per heavy atom. The highest BCUT2D eigenvalue weighted by Gasteiger charge is 2.13. The Balaban J connectivity index is 1.97. The maximum atomic E-state index is 13.5. The molecule has 24 heavy (non-hydrogen) atoms. The number of para-hydroxylation sites is 1. The molecule has 0 aliphatic carbocycles. The number of rotatable bonds is 6. The fourth-order valence-electron chi connectivity index (χ4n) is 1.94. The summed E-state index contributed by atoms with van der Waals surface area (Å²) in [6.07, 6.45) is 2.36. The van der Waals surface area contributed by atoms with E-state index in [0.29, 0.717) is 15.8 Å². The number of esters is 1. The number of halogens is 2. The van der Waals surface area contributed by atoms with Crippen molar-refractivity contribution in [1.29, 1.82) is 0 Å². The molecule has 6 heteroatoms. The first-order valence-electron chi connectivity index (χ1n) is 6.97. The van der Waals surface area contributed by atoms with Crippen LogP contribution >= 0.6 is 15.9 Å². The number of hydrogen-bond donors (Lipinski definition) is 0. The lowest BCUT2D eigenvalue weighted by molar-refractivity contribution is -0.136. The van der Waals surface area contributed by atoms with Gasteiger partial charge in [0.05, 0.1) is 12.7 Å². The van der Waals surface area contributed by atoms with Gasteiger partial charge in [0.25, 0.3) is 0 Å². The number of benzene rings is 2. The van der Waals surface area contributed by atoms with E-state index < -0.39 is 18.4 Å². The maximum absolute atomic E-state index is 13.5. The number of ketones is 1. The van der Waals surface area contributed by atoms with Crippen molar-refractivity contribution in [2.24, 2.45) is 0 Å². The molecule has 0 heterocycles. The Kier molecular flexibility index (Phi) is 6.26. The van der Waals surface area contributed by atoms with E-state index in [1.54, 1.807) is 30.3 Å². The van der Waals surface area contributed by atoms with E-state index in [4.69, 9.17) is 9.47 Å². The fraction of sp³-hybridized carbons (Fsp3) is 0.111. The van der Waals surface area contributed by atoms with Crippen molar-refractivity contribution in [2.75, 3.05) is 13.7 Å². The van der Waals surface area contributed by atoms with Gasteiger partial charge in [0, 0.05) is 16.1 Å². The second kappa shape index (κ2) is 8.40. The van der Waals surface area contributed by atoms with Gasteiger partial charge in [0.1, 0.15) is 11.6 Å². The summed E-state index contributed by atoms with van der Waals surface area (Å²) in [6, 6.07) is 11.0. The third kappa shape index (κ3) is 4.76. The highest BCUT2D eigenvalue weighted by Crippen LogP contribution is 2.18. The van der Waals surface area contributed by atoms with Crippen molar-refractivity contribution < 1.29 is 23.5 Å². The molecule has 0 atom stereocenters. The molecule has 0 aliphatic rings. The first-order chi connectivity index (χ1) is 11.5. The zero-order valence-corrected chi connectivity index (χ0v) is 14.4. The van der Waals surface area contributed by atoms with E-state index >= 15 is 0 Å². The molecule has 0 bridgehead atoms. The van der Waals surface area contributed by atoms with Crippen molar-refractivity contribution in [1.82, 2.24) is 0 Å². The van der Waals surface area contributed by atoms with Crippen LogP contribution in [0.4, 0.5) is 4.39 Å². The Morgan fingerprint density at radius 3 is 2.71 bits per heavy atom. The molecule has 0 aromatic heterocycles. The second-order valence-electron chi connectivity index (χ2n) is 4.73. The van der Waals surface area contributed by atoms with Gasteiger partial charge in [-0.1, -0.05) is 28.1 Å². The van der Waals surface area contributed by atoms with Crippen molar-refractivity contribution >= 4 is 33.8 Å². The molecule has 0 N–H and O–H groups in total. The summed E-state index contributed by atoms with van der Waals surface area (Å²) in [5.74, 6) is -1.18. The first-order valence-corrected chi connectivity index (χ1v) is 7.76. The lowest BCUT2D eigenvalue weighted by atomic mass is 10.1. The number of carbonyl (C=O) groups excluding carboxylic acids is 2. The Labute approximate surface area is 147 Å². The molecule has 0 spiro atoms. The van der Waals surface area contributed by atoms with Crippen LogP contribution in [0.3, 0.4) is 0 Å². The summed E-state index contributed by atoms with van der Waals surface area (Å²) in [5.41, 5.74) is 0.562. The van der Waals surface area contributed by atoms with Crippen LogP contribution in [0.1, 0.15) is 15.9 Å². The molecule has 0 fully saturated rings. The number of carbonyl (C=O) groups is 2. The monoisotopic (exact) mass is 392 g/mol. The largest absolute Gasteiger partial charge is 0.496 e. The molecule has 2 aromatic carbocycles. The van der Waals surface area contributed by atoms with Crippen LogP contribution in [0.2, 0.25) is 0 Å². The predicted molar refractivity (Wildman–Crippen MR) is 91.4 cm³/mol. The standard InChI is InChI=1S/C18H14BrFO4/c1-23-17-5-3-2-4-14(17)16(21)11-24-18(22)9-6-12-10-13(19)7-8-15(12)20/h2-10H,11H2,1H3. The van der Waals surface area contributed by atoms with Crippen LogP contribution in [0.15, 0.2) is 53.0 Å². The summed E-state index contributed by atoms with van der Waals surface area (Å²) >= 11 is 3.22. The van der Waals surface area contributed by atoms with Gasteiger partial charge >= 0.3 is 5.97 Å². The van der Waals surface area contributed by atoms with Gasteiger partial charge in [-0.3, -0.25) is 4.79 Å². The van der Waals surface area contributed by atoms with Gasteiger partial charge in [-0.05, 0) is 36.4 Å². The van der Waals surface area contributed by atoms with Crippen molar-refractivity contribution in [3.8, 4) is 5.75 Å². The lowest BCUT2D eigenvalue weighted by Crippen LogP contribution is -2.13. The second-order valence-corrected chi connectivity index (χ2v) is 5.65. The van der Waals surface area contributed by atoms with Gasteiger partial charge < -0.3 is 9.47 Å². The molecule has 0 amide bonds. The summed E-state index contributed by atoms with van der Waals surface area (Å²) < 4.78 is 24.2. The molecular formula is C18H14BrFO4. The molecule has 0 aliphatic heterocycles. The zero-order chi connectivity index (χ0) is 17.5. The van der Waals surface area contributed by atoms with Crippen molar-refractivity contribution in [2.45, 2.75) is 0 Å². The number of hydrogen-bond acceptors (Lipinski definition) is 4. The molecule has 0 saturated carbocycles. The molecule has 4 nitrogen and oxygen atoms in total. The Hall–Kier alpha value is -2.47. The van der Waals surface area contributed by atoms with Crippen LogP contribution in [-0.4, -0.2) is 25.5 Å². The quantitative estimate of drug-likeness (QED) is 0.423. The molecule has 2 aromatic rings. The highest BCUT2D eigenvalue weighted by molar-refractivity contribution is 9.10. The van der Waals surface area contributed by atoms with E-state index in [1.807, 2.05) is 0 Å². The van der Waals surface area contributed by atoms with Gasteiger partial charge in [-0.25, -0.2) is 9.18 Å². The predicted octanol–water partition coefficient (Wildman–Crippen LogP) is 4.04. The molecule has 0 saturated heterocycles. The van der Waals surface area contributed by atoms with E-state index in [-0.39, 0.29) is 11.3 Å². The van der Waals surface area contributed by atoms with Gasteiger partial charge in [-0.15, -0.1) is 0 Å². The van der Waals surface area contributed by atoms with Crippen molar-refractivity contribution in [3.63, 3.8) is 0 Å². The summed E-state index contributed by atoms with van der Waals surface area (Å²) in [4.78, 5) is 23.7. The third-order valence-electron chi connectivity index (χ3n) is 3.11. The fourth-order valence-corrected chi connectivity index (χ4v) is 2.32. The minimum atomic E-state index is -0.738. The molecule has 124 valence electrons. The third-order valence-corrected chi connectivity index (χ3v) is 3.60. The number of ether oxygens (including phenoxy) is 2. The topological polar surface area (TPSA) is 52.6 Å². The first kappa shape index (κ1) is 17.9. The van der Waals surface area contributed by atoms with Gasteiger partial charge in [0.15, 0.2) is 6.61 Å². The van der Waals surface area contributed by atoms with E-state index in [0.717, 1.165) is 6.08 Å². The average molecular weight is 393 g/mol. The Bertz CT molecular complexity index is 786. The number of Topliss-reactive ketones (excluding diaryl/α,β-unsaturated/α-hetero) is 1. The highest BCUT2D eigenvalue weighted by atomic mass is 79.9. The van der Waals surface area contributed by atoms with E-state index in [9.17, 15) is 14.0 Å². The van der Waals surface area contributed by atoms with Gasteiger partial charge in [-0.2, -0.15) is 0 Å². The van der Waals surface area contributed by atoms with E-state index in [1.165, 1.54) is 25.3 Å². The minimum Gasteiger partial charge on any atom is -0.496 e. The SMILES string of the molecule is COc1ccccc1C(=O)COC(=O)C=Cc1cc(Br)ccc1F. The van der Waals surface area contributed by atoms with Crippen LogP contribution in [0.25, 0.3) is 6.08 Å². The number of methoxy groups -OCH3 is 1. The lowest BCUT2D eigenvalue weighted by Gasteiger charge is -2.07.